The van der Waals surface area contributed by atoms with Crippen LogP contribution >= 0.6 is 0 Å². The van der Waals surface area contributed by atoms with Crippen LogP contribution in [0, 0.1) is 11.7 Å². The first kappa shape index (κ1) is 15.6. The Kier molecular flexibility index (Phi) is 6.50. The third-order valence-corrected chi connectivity index (χ3v) is 2.96. The Morgan fingerprint density at radius 2 is 2.11 bits per heavy atom. The number of hydrogen-bond acceptors (Lipinski definition) is 2. The Hall–Kier alpha value is -1.42. The number of carboxylic acid groups (broad SMARTS) is 1. The first-order valence-electron chi connectivity index (χ1n) is 6.66. The highest BCUT2D eigenvalue weighted by Crippen LogP contribution is 2.10. The molecule has 0 heterocycles. The minimum atomic E-state index is -0.797. The molecular formula is C15H22FNO2. The largest absolute Gasteiger partial charge is 0.481 e. The van der Waals surface area contributed by atoms with Gasteiger partial charge in [-0.05, 0) is 36.6 Å². The molecule has 0 fully saturated rings. The monoisotopic (exact) mass is 267 g/mol. The molecule has 1 N–H and O–H groups in total. The van der Waals surface area contributed by atoms with E-state index in [1.165, 1.54) is 12.1 Å². The summed E-state index contributed by atoms with van der Waals surface area (Å²) < 4.78 is 13.1. The zero-order valence-electron chi connectivity index (χ0n) is 11.6. The average molecular weight is 267 g/mol. The van der Waals surface area contributed by atoms with Gasteiger partial charge in [-0.15, -0.1) is 0 Å². The van der Waals surface area contributed by atoms with Crippen LogP contribution in [0.5, 0.6) is 0 Å². The van der Waals surface area contributed by atoms with Crippen LogP contribution in [-0.2, 0) is 11.3 Å². The van der Waals surface area contributed by atoms with Crippen molar-refractivity contribution in [3.05, 3.63) is 35.6 Å². The molecule has 19 heavy (non-hydrogen) atoms. The first-order valence-corrected chi connectivity index (χ1v) is 6.66. The summed E-state index contributed by atoms with van der Waals surface area (Å²) in [6.07, 6.45) is 1.13. The van der Waals surface area contributed by atoms with Gasteiger partial charge in [-0.2, -0.15) is 0 Å². The van der Waals surface area contributed by atoms with Crippen LogP contribution in [0.25, 0.3) is 0 Å². The third-order valence-electron chi connectivity index (χ3n) is 2.96. The maximum absolute atomic E-state index is 13.1. The van der Waals surface area contributed by atoms with Gasteiger partial charge < -0.3 is 5.11 Å². The molecule has 1 rings (SSSR count). The van der Waals surface area contributed by atoms with Gasteiger partial charge in [-0.1, -0.05) is 26.0 Å². The number of aliphatic carboxylic acids is 1. The zero-order chi connectivity index (χ0) is 14.3. The fraction of sp³-hybridized carbons (Fsp3) is 0.533. The van der Waals surface area contributed by atoms with Crippen molar-refractivity contribution in [1.29, 1.82) is 0 Å². The molecule has 0 unspecified atom stereocenters. The molecule has 0 amide bonds. The fourth-order valence-electron chi connectivity index (χ4n) is 1.86. The van der Waals surface area contributed by atoms with E-state index in [1.54, 1.807) is 6.07 Å². The van der Waals surface area contributed by atoms with Crippen molar-refractivity contribution in [2.75, 3.05) is 13.1 Å². The molecule has 0 atom stereocenters. The lowest BCUT2D eigenvalue weighted by Crippen LogP contribution is -2.28. The van der Waals surface area contributed by atoms with Crippen molar-refractivity contribution in [1.82, 2.24) is 4.90 Å². The van der Waals surface area contributed by atoms with Gasteiger partial charge in [0.15, 0.2) is 0 Å². The highest BCUT2D eigenvalue weighted by Gasteiger charge is 2.09. The molecule has 0 saturated carbocycles. The normalized spacial score (nSPS) is 11.2. The zero-order valence-corrected chi connectivity index (χ0v) is 11.6. The van der Waals surface area contributed by atoms with Gasteiger partial charge in [0.2, 0.25) is 0 Å². The summed E-state index contributed by atoms with van der Waals surface area (Å²) in [5.41, 5.74) is 0.883. The summed E-state index contributed by atoms with van der Waals surface area (Å²) in [6.45, 7) is 6.20. The number of carbonyl (C=O) groups is 1. The minimum Gasteiger partial charge on any atom is -0.481 e. The first-order chi connectivity index (χ1) is 8.97. The number of rotatable bonds is 8. The number of hydrogen-bond donors (Lipinski definition) is 1. The van der Waals surface area contributed by atoms with Gasteiger partial charge in [-0.25, -0.2) is 4.39 Å². The number of benzene rings is 1. The van der Waals surface area contributed by atoms with E-state index in [2.05, 4.69) is 18.7 Å². The Morgan fingerprint density at radius 1 is 1.37 bits per heavy atom. The van der Waals surface area contributed by atoms with Gasteiger partial charge in [0.25, 0.3) is 0 Å². The van der Waals surface area contributed by atoms with E-state index in [0.29, 0.717) is 19.0 Å². The van der Waals surface area contributed by atoms with Crippen molar-refractivity contribution < 1.29 is 14.3 Å². The molecule has 0 radical (unpaired) electrons. The standard InChI is InChI=1S/C15H22FNO2/c1-12(2)6-8-17(9-7-15(18)19)11-13-4-3-5-14(16)10-13/h3-5,10,12H,6-9,11H2,1-2H3,(H,18,19). The van der Waals surface area contributed by atoms with Crippen LogP contribution in [0.4, 0.5) is 4.39 Å². The van der Waals surface area contributed by atoms with E-state index < -0.39 is 5.97 Å². The summed E-state index contributed by atoms with van der Waals surface area (Å²) >= 11 is 0. The molecule has 106 valence electrons. The van der Waals surface area contributed by atoms with Gasteiger partial charge in [0.05, 0.1) is 6.42 Å². The quantitative estimate of drug-likeness (QED) is 0.786. The molecule has 0 aliphatic carbocycles. The highest BCUT2D eigenvalue weighted by molar-refractivity contribution is 5.66. The van der Waals surface area contributed by atoms with Crippen LogP contribution in [0.3, 0.4) is 0 Å². The molecule has 3 nitrogen and oxygen atoms in total. The molecule has 4 heteroatoms. The molecule has 0 aromatic heterocycles. The van der Waals surface area contributed by atoms with Gasteiger partial charge >= 0.3 is 5.97 Å². The lowest BCUT2D eigenvalue weighted by atomic mass is 10.1. The topological polar surface area (TPSA) is 40.5 Å². The maximum atomic E-state index is 13.1. The second-order valence-electron chi connectivity index (χ2n) is 5.23. The van der Waals surface area contributed by atoms with Crippen molar-refractivity contribution in [3.8, 4) is 0 Å². The number of halogens is 1. The van der Waals surface area contributed by atoms with Crippen molar-refractivity contribution in [2.24, 2.45) is 5.92 Å². The molecular weight excluding hydrogens is 245 g/mol. The third kappa shape index (κ3) is 6.91. The predicted octanol–water partition coefficient (Wildman–Crippen LogP) is 3.15. The molecule has 0 aliphatic rings. The van der Waals surface area contributed by atoms with E-state index in [4.69, 9.17) is 5.11 Å². The molecule has 0 aliphatic heterocycles. The maximum Gasteiger partial charge on any atom is 0.304 e. The Bertz CT molecular complexity index is 407. The van der Waals surface area contributed by atoms with Crippen LogP contribution < -0.4 is 0 Å². The van der Waals surface area contributed by atoms with Crippen LogP contribution in [0.2, 0.25) is 0 Å². The van der Waals surface area contributed by atoms with Crippen LogP contribution in [0.1, 0.15) is 32.3 Å². The van der Waals surface area contributed by atoms with Crippen LogP contribution in [-0.4, -0.2) is 29.1 Å². The average Bonchev–Trinajstić information content (AvgIpc) is 2.32. The van der Waals surface area contributed by atoms with Crippen molar-refractivity contribution in [3.63, 3.8) is 0 Å². The molecule has 0 spiro atoms. The number of nitrogens with zero attached hydrogens (tertiary/aromatic N) is 1. The molecule has 0 saturated heterocycles. The summed E-state index contributed by atoms with van der Waals surface area (Å²) in [7, 11) is 0. The van der Waals surface area contributed by atoms with E-state index >= 15 is 0 Å². The lowest BCUT2D eigenvalue weighted by Gasteiger charge is -2.22. The summed E-state index contributed by atoms with van der Waals surface area (Å²) in [4.78, 5) is 12.7. The second-order valence-corrected chi connectivity index (χ2v) is 5.23. The minimum absolute atomic E-state index is 0.118. The Morgan fingerprint density at radius 3 is 2.68 bits per heavy atom. The highest BCUT2D eigenvalue weighted by atomic mass is 19.1. The predicted molar refractivity (Wildman–Crippen MR) is 73.4 cm³/mol. The molecule has 1 aromatic rings. The van der Waals surface area contributed by atoms with Gasteiger partial charge in [0.1, 0.15) is 5.82 Å². The van der Waals surface area contributed by atoms with Crippen molar-refractivity contribution >= 4 is 5.97 Å². The lowest BCUT2D eigenvalue weighted by molar-refractivity contribution is -0.137. The van der Waals surface area contributed by atoms with Crippen LogP contribution in [0.15, 0.2) is 24.3 Å². The van der Waals surface area contributed by atoms with Gasteiger partial charge in [-0.3, -0.25) is 9.69 Å². The molecule has 0 bridgehead atoms. The smallest absolute Gasteiger partial charge is 0.304 e. The summed E-state index contributed by atoms with van der Waals surface area (Å²) in [5, 5.41) is 8.76. The Balaban J connectivity index is 2.58. The van der Waals surface area contributed by atoms with E-state index in [-0.39, 0.29) is 12.2 Å². The molecule has 1 aromatic carbocycles. The SMILES string of the molecule is CC(C)CCN(CCC(=O)O)Cc1cccc(F)c1. The van der Waals surface area contributed by atoms with Crippen molar-refractivity contribution in [2.45, 2.75) is 33.2 Å². The van der Waals surface area contributed by atoms with E-state index in [1.807, 2.05) is 6.07 Å². The fourth-order valence-corrected chi connectivity index (χ4v) is 1.86. The summed E-state index contributed by atoms with van der Waals surface area (Å²) in [6, 6.07) is 6.47. The second kappa shape index (κ2) is 7.89. The Labute approximate surface area is 114 Å². The van der Waals surface area contributed by atoms with E-state index in [0.717, 1.165) is 18.5 Å². The summed E-state index contributed by atoms with van der Waals surface area (Å²) in [5.74, 6) is -0.479. The number of carboxylic acids is 1. The van der Waals surface area contributed by atoms with Gasteiger partial charge in [0, 0.05) is 13.1 Å². The van der Waals surface area contributed by atoms with E-state index in [9.17, 15) is 9.18 Å².